The molecule has 2 saturated heterocycles. The van der Waals surface area contributed by atoms with E-state index in [0.717, 1.165) is 53.6 Å². The van der Waals surface area contributed by atoms with Crippen molar-refractivity contribution >= 4 is 51.8 Å². The van der Waals surface area contributed by atoms with E-state index in [9.17, 15) is 9.59 Å². The number of thiocarbonyl (C=S) groups is 1. The molecule has 2 fully saturated rings. The van der Waals surface area contributed by atoms with Crippen LogP contribution in [0.4, 0.5) is 5.69 Å². The van der Waals surface area contributed by atoms with E-state index < -0.39 is 0 Å². The summed E-state index contributed by atoms with van der Waals surface area (Å²) < 4.78 is 7.59. The van der Waals surface area contributed by atoms with Gasteiger partial charge in [0.1, 0.15) is 12.2 Å². The summed E-state index contributed by atoms with van der Waals surface area (Å²) in [6, 6.07) is 15.4. The van der Waals surface area contributed by atoms with Gasteiger partial charge in [-0.3, -0.25) is 14.5 Å². The van der Waals surface area contributed by atoms with E-state index in [4.69, 9.17) is 17.0 Å². The third-order valence-electron chi connectivity index (χ3n) is 6.45. The first-order valence-electron chi connectivity index (χ1n) is 12.0. The summed E-state index contributed by atoms with van der Waals surface area (Å²) in [5.74, 6) is -0.267. The van der Waals surface area contributed by atoms with E-state index in [2.05, 4.69) is 23.6 Å². The van der Waals surface area contributed by atoms with E-state index in [0.29, 0.717) is 17.4 Å². The number of nitrogens with one attached hydrogen (secondary N) is 2. The zero-order chi connectivity index (χ0) is 24.4. The summed E-state index contributed by atoms with van der Waals surface area (Å²) in [7, 11) is 0. The van der Waals surface area contributed by atoms with Crippen molar-refractivity contribution in [1.29, 1.82) is 0 Å². The Hall–Kier alpha value is -3.49. The first-order chi connectivity index (χ1) is 17.0. The molecular formula is C27H28N4O3S. The van der Waals surface area contributed by atoms with Gasteiger partial charge in [-0.05, 0) is 55.3 Å². The van der Waals surface area contributed by atoms with Gasteiger partial charge in [0.05, 0.1) is 17.3 Å². The number of aryl methyl sites for hydroxylation is 1. The maximum Gasteiger partial charge on any atom is 0.281 e. The summed E-state index contributed by atoms with van der Waals surface area (Å²) in [5, 5.41) is 7.40. The number of ether oxygens (including phenoxy) is 1. The van der Waals surface area contributed by atoms with Gasteiger partial charge in [-0.15, -0.1) is 0 Å². The number of hydrogen-bond donors (Lipinski definition) is 2. The molecule has 1 aromatic heterocycles. The molecule has 0 aliphatic carbocycles. The highest BCUT2D eigenvalue weighted by atomic mass is 32.1. The predicted octanol–water partition coefficient (Wildman–Crippen LogP) is 3.76. The molecule has 2 N–H and O–H groups in total. The van der Waals surface area contributed by atoms with Crippen LogP contribution in [0.5, 0.6) is 0 Å². The summed E-state index contributed by atoms with van der Waals surface area (Å²) in [6.45, 7) is 3.58. The fourth-order valence-corrected chi connectivity index (χ4v) is 5.03. The lowest BCUT2D eigenvalue weighted by Gasteiger charge is -2.13. The lowest BCUT2D eigenvalue weighted by molar-refractivity contribution is -0.122. The van der Waals surface area contributed by atoms with Crippen molar-refractivity contribution in [1.82, 2.24) is 15.2 Å². The minimum Gasteiger partial charge on any atom is -0.376 e. The number of aromatic nitrogens is 1. The Kier molecular flexibility index (Phi) is 6.66. The van der Waals surface area contributed by atoms with Gasteiger partial charge < -0.3 is 19.9 Å². The number of rotatable bonds is 7. The van der Waals surface area contributed by atoms with Crippen molar-refractivity contribution < 1.29 is 14.3 Å². The molecule has 2 aliphatic rings. The highest BCUT2D eigenvalue weighted by Crippen LogP contribution is 2.29. The molecule has 3 aromatic rings. The maximum atomic E-state index is 13.2. The van der Waals surface area contributed by atoms with Crippen LogP contribution < -0.4 is 15.5 Å². The van der Waals surface area contributed by atoms with Gasteiger partial charge >= 0.3 is 0 Å². The third-order valence-corrected chi connectivity index (χ3v) is 6.74. The van der Waals surface area contributed by atoms with Crippen molar-refractivity contribution in [3.8, 4) is 0 Å². The molecule has 0 spiro atoms. The van der Waals surface area contributed by atoms with Crippen molar-refractivity contribution in [2.45, 2.75) is 38.8 Å². The van der Waals surface area contributed by atoms with Gasteiger partial charge in [0.2, 0.25) is 5.91 Å². The van der Waals surface area contributed by atoms with Crippen LogP contribution in [0.2, 0.25) is 0 Å². The molecule has 8 heteroatoms. The summed E-state index contributed by atoms with van der Waals surface area (Å²) in [5.41, 5.74) is 4.13. The van der Waals surface area contributed by atoms with Crippen LogP contribution in [0.15, 0.2) is 60.4 Å². The van der Waals surface area contributed by atoms with Crippen molar-refractivity contribution in [2.24, 2.45) is 0 Å². The zero-order valence-electron chi connectivity index (χ0n) is 19.6. The van der Waals surface area contributed by atoms with E-state index in [-0.39, 0.29) is 24.5 Å². The Morgan fingerprint density at radius 1 is 1.23 bits per heavy atom. The van der Waals surface area contributed by atoms with Crippen molar-refractivity contribution in [3.63, 3.8) is 0 Å². The second kappa shape index (κ2) is 10.0. The number of amides is 2. The average Bonchev–Trinajstić information content (AvgIpc) is 3.57. The van der Waals surface area contributed by atoms with Gasteiger partial charge in [-0.25, -0.2) is 0 Å². The molecule has 2 aliphatic heterocycles. The van der Waals surface area contributed by atoms with Crippen LogP contribution in [0.3, 0.4) is 0 Å². The Morgan fingerprint density at radius 3 is 2.80 bits per heavy atom. The Labute approximate surface area is 209 Å². The molecule has 0 saturated carbocycles. The van der Waals surface area contributed by atoms with Crippen LogP contribution in [-0.4, -0.2) is 40.7 Å². The summed E-state index contributed by atoms with van der Waals surface area (Å²) in [6.07, 6.45) is 6.71. The van der Waals surface area contributed by atoms with Crippen molar-refractivity contribution in [3.05, 3.63) is 71.6 Å². The molecule has 2 amide bonds. The first-order valence-corrected chi connectivity index (χ1v) is 12.4. The van der Waals surface area contributed by atoms with E-state index in [1.165, 1.54) is 4.90 Å². The normalized spacial score (nSPS) is 19.1. The minimum atomic E-state index is -0.206. The number of nitrogens with zero attached hydrogens (tertiary/aromatic N) is 2. The predicted molar refractivity (Wildman–Crippen MR) is 141 cm³/mol. The van der Waals surface area contributed by atoms with Gasteiger partial charge in [-0.1, -0.05) is 43.3 Å². The Balaban J connectivity index is 1.44. The largest absolute Gasteiger partial charge is 0.376 e. The standard InChI is InChI=1S/C27H28N4O3S/c1-2-18-8-6-12-22-19(14-23-26(33)31(27(35)29-23)20-9-4-3-5-10-20)16-30(25(18)22)17-24(32)28-15-21-11-7-13-34-21/h3-6,8-10,12,14,16,21H,2,7,11,13,15,17H2,1H3,(H,28,32)(H,29,35)/b23-14-. The number of hydrogen-bond acceptors (Lipinski definition) is 4. The highest BCUT2D eigenvalue weighted by Gasteiger charge is 2.32. The number of carbonyl (C=O) groups is 2. The second-order valence-corrected chi connectivity index (χ2v) is 9.17. The molecule has 2 aromatic carbocycles. The van der Waals surface area contributed by atoms with Gasteiger partial charge in [0, 0.05) is 30.3 Å². The number of carbonyl (C=O) groups excluding carboxylic acids is 2. The molecule has 180 valence electrons. The molecule has 3 heterocycles. The molecular weight excluding hydrogens is 460 g/mol. The van der Waals surface area contributed by atoms with Gasteiger partial charge in [0.25, 0.3) is 5.91 Å². The number of benzene rings is 2. The van der Waals surface area contributed by atoms with Crippen LogP contribution in [0.25, 0.3) is 17.0 Å². The van der Waals surface area contributed by atoms with Crippen LogP contribution in [0, 0.1) is 0 Å². The molecule has 7 nitrogen and oxygen atoms in total. The quantitative estimate of drug-likeness (QED) is 0.391. The summed E-state index contributed by atoms with van der Waals surface area (Å²) in [4.78, 5) is 27.5. The lowest BCUT2D eigenvalue weighted by atomic mass is 10.1. The van der Waals surface area contributed by atoms with Gasteiger partial charge in [-0.2, -0.15) is 0 Å². The highest BCUT2D eigenvalue weighted by molar-refractivity contribution is 7.80. The van der Waals surface area contributed by atoms with Crippen LogP contribution in [-0.2, 0) is 27.3 Å². The maximum absolute atomic E-state index is 13.2. The molecule has 0 bridgehead atoms. The average molecular weight is 489 g/mol. The zero-order valence-corrected chi connectivity index (χ0v) is 20.4. The van der Waals surface area contributed by atoms with E-state index in [1.807, 2.05) is 59.3 Å². The molecule has 1 unspecified atom stereocenters. The SMILES string of the molecule is CCc1cccc2c(/C=C3\NC(=S)N(c4ccccc4)C3=O)cn(CC(=O)NCC3CCCO3)c12. The number of anilines is 1. The third kappa shape index (κ3) is 4.72. The first kappa shape index (κ1) is 23.3. The van der Waals surface area contributed by atoms with Crippen molar-refractivity contribution in [2.75, 3.05) is 18.1 Å². The second-order valence-electron chi connectivity index (χ2n) is 8.78. The van der Waals surface area contributed by atoms with E-state index >= 15 is 0 Å². The smallest absolute Gasteiger partial charge is 0.281 e. The fourth-order valence-electron chi connectivity index (χ4n) is 4.74. The fraction of sp³-hybridized carbons (Fsp3) is 0.296. The number of para-hydroxylation sites is 2. The topological polar surface area (TPSA) is 75.6 Å². The lowest BCUT2D eigenvalue weighted by Crippen LogP contribution is -2.34. The Morgan fingerprint density at radius 2 is 2.06 bits per heavy atom. The van der Waals surface area contributed by atoms with Crippen LogP contribution >= 0.6 is 12.2 Å². The molecule has 35 heavy (non-hydrogen) atoms. The monoisotopic (exact) mass is 488 g/mol. The molecule has 0 radical (unpaired) electrons. The molecule has 5 rings (SSSR count). The number of fused-ring (bicyclic) bond motifs is 1. The minimum absolute atomic E-state index is 0.0611. The Bertz CT molecular complexity index is 1310. The van der Waals surface area contributed by atoms with Gasteiger partial charge in [0.15, 0.2) is 5.11 Å². The molecule has 1 atom stereocenters. The van der Waals surface area contributed by atoms with Crippen LogP contribution in [0.1, 0.15) is 30.9 Å². The summed E-state index contributed by atoms with van der Waals surface area (Å²) >= 11 is 5.45. The van der Waals surface area contributed by atoms with E-state index in [1.54, 1.807) is 0 Å².